The molecular formula is C23H26Cl2N4O. The van der Waals surface area contributed by atoms with E-state index in [9.17, 15) is 4.79 Å². The lowest BCUT2D eigenvalue weighted by molar-refractivity contribution is 0.0948. The molecule has 0 aliphatic rings. The van der Waals surface area contributed by atoms with Gasteiger partial charge in [0.15, 0.2) is 0 Å². The minimum absolute atomic E-state index is 0.0783. The topological polar surface area (TPSA) is 59.8 Å². The first kappa shape index (κ1) is 22.3. The van der Waals surface area contributed by atoms with Crippen molar-refractivity contribution in [2.45, 2.75) is 46.6 Å². The highest BCUT2D eigenvalue weighted by Gasteiger charge is 2.26. The Hall–Kier alpha value is -2.37. The van der Waals surface area contributed by atoms with Gasteiger partial charge >= 0.3 is 0 Å². The second-order valence-electron chi connectivity index (χ2n) is 8.01. The summed E-state index contributed by atoms with van der Waals surface area (Å²) >= 11 is 12.3. The van der Waals surface area contributed by atoms with Gasteiger partial charge < -0.3 is 5.32 Å². The SMILES string of the molecule is CC(C)Cc1nn(-c2ccc(Cl)c(Cl)c2)c(C(C)C)c1C(=O)NCc1ccncc1. The van der Waals surface area contributed by atoms with Gasteiger partial charge in [-0.15, -0.1) is 0 Å². The smallest absolute Gasteiger partial charge is 0.255 e. The van der Waals surface area contributed by atoms with Gasteiger partial charge in [0.05, 0.1) is 32.7 Å². The maximum atomic E-state index is 13.3. The minimum atomic E-state index is -0.127. The fraction of sp³-hybridized carbons (Fsp3) is 0.348. The standard InChI is InChI=1S/C23H26Cl2N4O/c1-14(2)11-20-21(23(30)27-13-16-7-9-26-10-8-16)22(15(3)4)29(28-20)17-5-6-18(24)19(25)12-17/h5-10,12,14-15H,11,13H2,1-4H3,(H,27,30). The van der Waals surface area contributed by atoms with Crippen LogP contribution >= 0.6 is 23.2 Å². The van der Waals surface area contributed by atoms with E-state index in [4.69, 9.17) is 28.3 Å². The van der Waals surface area contributed by atoms with Crippen LogP contribution in [0.15, 0.2) is 42.7 Å². The third kappa shape index (κ3) is 5.02. The van der Waals surface area contributed by atoms with Crippen LogP contribution in [-0.4, -0.2) is 20.7 Å². The van der Waals surface area contributed by atoms with Crippen LogP contribution in [0.25, 0.3) is 5.69 Å². The van der Waals surface area contributed by atoms with Crippen molar-refractivity contribution in [3.63, 3.8) is 0 Å². The zero-order valence-corrected chi connectivity index (χ0v) is 19.1. The first-order valence-corrected chi connectivity index (χ1v) is 10.8. The predicted molar refractivity (Wildman–Crippen MR) is 122 cm³/mol. The molecule has 0 bridgehead atoms. The Labute approximate surface area is 187 Å². The van der Waals surface area contributed by atoms with E-state index in [-0.39, 0.29) is 11.8 Å². The lowest BCUT2D eigenvalue weighted by atomic mass is 9.98. The number of carbonyl (C=O) groups is 1. The molecule has 5 nitrogen and oxygen atoms in total. The van der Waals surface area contributed by atoms with Crippen molar-refractivity contribution < 1.29 is 4.79 Å². The Balaban J connectivity index is 2.05. The fourth-order valence-electron chi connectivity index (χ4n) is 3.37. The highest BCUT2D eigenvalue weighted by molar-refractivity contribution is 6.42. The Bertz CT molecular complexity index is 1030. The molecule has 0 aliphatic carbocycles. The summed E-state index contributed by atoms with van der Waals surface area (Å²) in [5, 5.41) is 8.81. The first-order valence-electron chi connectivity index (χ1n) is 10.0. The molecule has 3 aromatic rings. The molecule has 0 fully saturated rings. The first-order chi connectivity index (χ1) is 14.3. The number of hydrogen-bond donors (Lipinski definition) is 1. The zero-order chi connectivity index (χ0) is 21.8. The van der Waals surface area contributed by atoms with Crippen molar-refractivity contribution >= 4 is 29.1 Å². The van der Waals surface area contributed by atoms with Gasteiger partial charge in [-0.2, -0.15) is 5.10 Å². The summed E-state index contributed by atoms with van der Waals surface area (Å²) in [7, 11) is 0. The third-order valence-electron chi connectivity index (χ3n) is 4.72. The molecule has 2 heterocycles. The molecule has 0 spiro atoms. The molecule has 3 rings (SSSR count). The van der Waals surface area contributed by atoms with E-state index in [2.05, 4.69) is 38.0 Å². The molecule has 0 unspecified atom stereocenters. The Morgan fingerprint density at radius 1 is 1.07 bits per heavy atom. The van der Waals surface area contributed by atoms with Crippen LogP contribution in [0.1, 0.15) is 60.9 Å². The molecule has 0 atom stereocenters. The number of rotatable bonds is 7. The molecule has 1 aromatic carbocycles. The van der Waals surface area contributed by atoms with Crippen LogP contribution in [0.3, 0.4) is 0 Å². The average molecular weight is 445 g/mol. The number of nitrogens with one attached hydrogen (secondary N) is 1. The predicted octanol–water partition coefficient (Wildman–Crippen LogP) is 5.83. The van der Waals surface area contributed by atoms with Gasteiger partial charge in [0.2, 0.25) is 0 Å². The van der Waals surface area contributed by atoms with Crippen molar-refractivity contribution in [1.82, 2.24) is 20.1 Å². The monoisotopic (exact) mass is 444 g/mol. The number of carbonyl (C=O) groups excluding carboxylic acids is 1. The Morgan fingerprint density at radius 3 is 2.37 bits per heavy atom. The molecule has 0 aliphatic heterocycles. The van der Waals surface area contributed by atoms with E-state index in [1.807, 2.05) is 22.9 Å². The minimum Gasteiger partial charge on any atom is -0.348 e. The van der Waals surface area contributed by atoms with Crippen molar-refractivity contribution in [2.75, 3.05) is 0 Å². The largest absolute Gasteiger partial charge is 0.348 e. The number of hydrogen-bond acceptors (Lipinski definition) is 3. The van der Waals surface area contributed by atoms with E-state index < -0.39 is 0 Å². The lowest BCUT2D eigenvalue weighted by Gasteiger charge is -2.14. The maximum absolute atomic E-state index is 13.3. The molecule has 30 heavy (non-hydrogen) atoms. The van der Waals surface area contributed by atoms with Crippen molar-refractivity contribution in [3.05, 3.63) is 75.3 Å². The molecule has 1 amide bonds. The summed E-state index contributed by atoms with van der Waals surface area (Å²) in [5.41, 5.74) is 4.06. The molecule has 0 saturated heterocycles. The summed E-state index contributed by atoms with van der Waals surface area (Å²) in [6, 6.07) is 9.16. The molecule has 0 radical (unpaired) electrons. The van der Waals surface area contributed by atoms with Crippen LogP contribution in [0.4, 0.5) is 0 Å². The third-order valence-corrected chi connectivity index (χ3v) is 5.46. The van der Waals surface area contributed by atoms with Gasteiger partial charge in [0.1, 0.15) is 0 Å². The summed E-state index contributed by atoms with van der Waals surface area (Å²) < 4.78 is 1.83. The van der Waals surface area contributed by atoms with E-state index in [1.54, 1.807) is 24.5 Å². The van der Waals surface area contributed by atoms with Crippen LogP contribution in [0, 0.1) is 5.92 Å². The van der Waals surface area contributed by atoms with Crippen LogP contribution < -0.4 is 5.32 Å². The van der Waals surface area contributed by atoms with E-state index >= 15 is 0 Å². The summed E-state index contributed by atoms with van der Waals surface area (Å²) in [4.78, 5) is 17.3. The van der Waals surface area contributed by atoms with Crippen molar-refractivity contribution in [3.8, 4) is 5.69 Å². The average Bonchev–Trinajstić information content (AvgIpc) is 3.08. The van der Waals surface area contributed by atoms with Gasteiger partial charge in [0, 0.05) is 18.9 Å². The molecule has 1 N–H and O–H groups in total. The normalized spacial score (nSPS) is 11.3. The van der Waals surface area contributed by atoms with Gasteiger partial charge in [0.25, 0.3) is 5.91 Å². The summed E-state index contributed by atoms with van der Waals surface area (Å²) in [5.74, 6) is 0.306. The van der Waals surface area contributed by atoms with E-state index in [1.165, 1.54) is 0 Å². The van der Waals surface area contributed by atoms with Crippen LogP contribution in [0.2, 0.25) is 10.0 Å². The summed E-state index contributed by atoms with van der Waals surface area (Å²) in [6.07, 6.45) is 4.13. The Kier molecular flexibility index (Phi) is 7.16. The fourth-order valence-corrected chi connectivity index (χ4v) is 3.67. The second kappa shape index (κ2) is 9.63. The van der Waals surface area contributed by atoms with Gasteiger partial charge in [-0.1, -0.05) is 50.9 Å². The quantitative estimate of drug-likeness (QED) is 0.498. The van der Waals surface area contributed by atoms with Crippen molar-refractivity contribution in [1.29, 1.82) is 0 Å². The number of pyridine rings is 1. The van der Waals surface area contributed by atoms with E-state index in [0.29, 0.717) is 34.5 Å². The highest BCUT2D eigenvalue weighted by atomic mass is 35.5. The van der Waals surface area contributed by atoms with Gasteiger partial charge in [-0.3, -0.25) is 9.78 Å². The molecule has 158 valence electrons. The molecule has 2 aromatic heterocycles. The number of halogens is 2. The van der Waals surface area contributed by atoms with E-state index in [0.717, 1.165) is 22.6 Å². The Morgan fingerprint density at radius 2 is 1.77 bits per heavy atom. The van der Waals surface area contributed by atoms with Crippen LogP contribution in [0.5, 0.6) is 0 Å². The highest BCUT2D eigenvalue weighted by Crippen LogP contribution is 2.30. The number of nitrogens with zero attached hydrogens (tertiary/aromatic N) is 3. The van der Waals surface area contributed by atoms with Gasteiger partial charge in [-0.05, 0) is 54.2 Å². The number of amides is 1. The second-order valence-corrected chi connectivity index (χ2v) is 8.82. The van der Waals surface area contributed by atoms with Crippen molar-refractivity contribution in [2.24, 2.45) is 5.92 Å². The van der Waals surface area contributed by atoms with Crippen LogP contribution in [-0.2, 0) is 13.0 Å². The maximum Gasteiger partial charge on any atom is 0.255 e. The molecular weight excluding hydrogens is 419 g/mol. The zero-order valence-electron chi connectivity index (χ0n) is 17.6. The lowest BCUT2D eigenvalue weighted by Crippen LogP contribution is -2.25. The molecule has 0 saturated carbocycles. The number of benzene rings is 1. The molecule has 7 heteroatoms. The number of aromatic nitrogens is 3. The summed E-state index contributed by atoms with van der Waals surface area (Å²) in [6.45, 7) is 8.78. The van der Waals surface area contributed by atoms with Gasteiger partial charge in [-0.25, -0.2) is 4.68 Å².